The van der Waals surface area contributed by atoms with E-state index < -0.39 is 23.5 Å². The Balaban J connectivity index is 3.39. The summed E-state index contributed by atoms with van der Waals surface area (Å²) in [4.78, 5) is 11.2. The van der Waals surface area contributed by atoms with Crippen molar-refractivity contribution in [1.29, 1.82) is 5.26 Å². The van der Waals surface area contributed by atoms with Crippen molar-refractivity contribution in [2.75, 3.05) is 0 Å². The third kappa shape index (κ3) is 3.36. The van der Waals surface area contributed by atoms with Crippen LogP contribution in [0, 0.1) is 11.3 Å². The van der Waals surface area contributed by atoms with Gasteiger partial charge in [0.1, 0.15) is 5.75 Å². The number of ketones is 1. The zero-order valence-electron chi connectivity index (χ0n) is 8.43. The first-order valence-corrected chi connectivity index (χ1v) is 4.62. The van der Waals surface area contributed by atoms with Crippen LogP contribution in [0.3, 0.4) is 0 Å². The molecule has 1 aromatic rings. The van der Waals surface area contributed by atoms with Gasteiger partial charge in [0, 0.05) is 0 Å². The van der Waals surface area contributed by atoms with E-state index in [1.54, 1.807) is 6.07 Å². The van der Waals surface area contributed by atoms with Crippen molar-refractivity contribution in [3.63, 3.8) is 0 Å². The fraction of sp³-hybridized carbons (Fsp3) is 0.200. The average Bonchev–Trinajstić information content (AvgIpc) is 2.13. The molecule has 7 heteroatoms. The summed E-state index contributed by atoms with van der Waals surface area (Å²) in [6.07, 6.45) is -4.96. The number of carbonyl (C=O) groups excluding carboxylic acids is 1. The number of carbonyl (C=O) groups is 1. The quantitative estimate of drug-likeness (QED) is 0.769. The lowest BCUT2D eigenvalue weighted by molar-refractivity contribution is -0.274. The van der Waals surface area contributed by atoms with Crippen molar-refractivity contribution in [3.8, 4) is 11.8 Å². The second kappa shape index (κ2) is 4.63. The molecule has 0 aliphatic carbocycles. The van der Waals surface area contributed by atoms with Crippen LogP contribution in [0.5, 0.6) is 5.75 Å². The van der Waals surface area contributed by atoms with Gasteiger partial charge in [-0.05, 0) is 19.1 Å². The third-order valence-corrected chi connectivity index (χ3v) is 2.06. The van der Waals surface area contributed by atoms with Crippen LogP contribution in [0.4, 0.5) is 13.2 Å². The van der Waals surface area contributed by atoms with Crippen molar-refractivity contribution >= 4 is 17.4 Å². The average molecular weight is 264 g/mol. The molecule has 0 heterocycles. The number of alkyl halides is 3. The van der Waals surface area contributed by atoms with Crippen molar-refractivity contribution in [2.45, 2.75) is 13.3 Å². The molecule has 0 fully saturated rings. The molecule has 0 aliphatic heterocycles. The number of hydrogen-bond donors (Lipinski definition) is 0. The summed E-state index contributed by atoms with van der Waals surface area (Å²) < 4.78 is 39.9. The second-order valence-corrected chi connectivity index (χ2v) is 3.45. The molecule has 90 valence electrons. The summed E-state index contributed by atoms with van der Waals surface area (Å²) >= 11 is 5.62. The standard InChI is InChI=1S/C10H5ClF3NO2/c1-5(16)9-7(11)2-6(4-15)3-8(9)17-10(12,13)14/h2-3H,1H3. The Morgan fingerprint density at radius 2 is 2.06 bits per heavy atom. The zero-order valence-corrected chi connectivity index (χ0v) is 9.19. The summed E-state index contributed by atoms with van der Waals surface area (Å²) in [5.74, 6) is -1.45. The van der Waals surface area contributed by atoms with Gasteiger partial charge in [-0.25, -0.2) is 0 Å². The highest BCUT2D eigenvalue weighted by Crippen LogP contribution is 2.32. The Kier molecular flexibility index (Phi) is 3.63. The first kappa shape index (κ1) is 13.3. The summed E-state index contributed by atoms with van der Waals surface area (Å²) in [7, 11) is 0. The van der Waals surface area contributed by atoms with E-state index in [-0.39, 0.29) is 10.6 Å². The number of Topliss-reactive ketones (excluding diaryl/α,β-unsaturated/α-hetero) is 1. The SMILES string of the molecule is CC(=O)c1c(Cl)cc(C#N)cc1OC(F)(F)F. The fourth-order valence-corrected chi connectivity index (χ4v) is 1.54. The molecule has 0 amide bonds. The van der Waals surface area contributed by atoms with Gasteiger partial charge >= 0.3 is 6.36 Å². The zero-order chi connectivity index (χ0) is 13.2. The maximum absolute atomic E-state index is 12.1. The number of benzene rings is 1. The van der Waals surface area contributed by atoms with E-state index in [0.717, 1.165) is 19.1 Å². The molecule has 0 atom stereocenters. The van der Waals surface area contributed by atoms with Gasteiger partial charge in [-0.2, -0.15) is 5.26 Å². The number of ether oxygens (including phenoxy) is 1. The number of nitrogens with zero attached hydrogens (tertiary/aromatic N) is 1. The normalized spacial score (nSPS) is 10.8. The molecule has 0 unspecified atom stereocenters. The number of nitriles is 1. The summed E-state index contributed by atoms with van der Waals surface area (Å²) in [6, 6.07) is 3.53. The summed E-state index contributed by atoms with van der Waals surface area (Å²) in [6.45, 7) is 1.05. The highest BCUT2D eigenvalue weighted by atomic mass is 35.5. The van der Waals surface area contributed by atoms with E-state index in [9.17, 15) is 18.0 Å². The minimum Gasteiger partial charge on any atom is -0.405 e. The molecule has 3 nitrogen and oxygen atoms in total. The molecule has 0 N–H and O–H groups in total. The monoisotopic (exact) mass is 263 g/mol. The molecule has 1 aromatic carbocycles. The first-order chi connectivity index (χ1) is 7.74. The predicted molar refractivity (Wildman–Crippen MR) is 52.9 cm³/mol. The van der Waals surface area contributed by atoms with E-state index in [2.05, 4.69) is 4.74 Å². The Hall–Kier alpha value is -1.74. The van der Waals surface area contributed by atoms with Crippen molar-refractivity contribution in [2.24, 2.45) is 0 Å². The van der Waals surface area contributed by atoms with Crippen LogP contribution in [0.25, 0.3) is 0 Å². The third-order valence-electron chi connectivity index (χ3n) is 1.76. The molecule has 0 spiro atoms. The maximum Gasteiger partial charge on any atom is 0.573 e. The van der Waals surface area contributed by atoms with Crippen LogP contribution >= 0.6 is 11.6 Å². The van der Waals surface area contributed by atoms with Crippen molar-refractivity contribution in [1.82, 2.24) is 0 Å². The number of hydrogen-bond acceptors (Lipinski definition) is 3. The van der Waals surface area contributed by atoms with Gasteiger partial charge < -0.3 is 4.74 Å². The van der Waals surface area contributed by atoms with Crippen molar-refractivity contribution in [3.05, 3.63) is 28.3 Å². The van der Waals surface area contributed by atoms with Crippen LogP contribution in [-0.4, -0.2) is 12.1 Å². The number of halogens is 4. The van der Waals surface area contributed by atoms with Gasteiger partial charge in [0.25, 0.3) is 0 Å². The smallest absolute Gasteiger partial charge is 0.405 e. The molecule has 0 bridgehead atoms. The topological polar surface area (TPSA) is 50.1 Å². The molecule has 0 aromatic heterocycles. The summed E-state index contributed by atoms with van der Waals surface area (Å²) in [5.41, 5.74) is -0.526. The van der Waals surface area contributed by atoms with E-state index >= 15 is 0 Å². The van der Waals surface area contributed by atoms with Gasteiger partial charge in [0.2, 0.25) is 0 Å². The lowest BCUT2D eigenvalue weighted by atomic mass is 10.1. The molecule has 17 heavy (non-hydrogen) atoms. The highest BCUT2D eigenvalue weighted by Gasteiger charge is 2.33. The van der Waals surface area contributed by atoms with E-state index in [1.165, 1.54) is 0 Å². The van der Waals surface area contributed by atoms with E-state index in [1.807, 2.05) is 0 Å². The Bertz CT molecular complexity index is 505. The lowest BCUT2D eigenvalue weighted by Gasteiger charge is -2.13. The predicted octanol–water partition coefficient (Wildman–Crippen LogP) is 3.31. The molecule has 0 radical (unpaired) electrons. The minimum absolute atomic E-state index is 0.126. The summed E-state index contributed by atoms with van der Waals surface area (Å²) in [5, 5.41) is 8.33. The van der Waals surface area contributed by atoms with Gasteiger partial charge in [-0.3, -0.25) is 4.79 Å². The van der Waals surface area contributed by atoms with E-state index in [0.29, 0.717) is 0 Å². The maximum atomic E-state index is 12.1. The minimum atomic E-state index is -4.96. The van der Waals surface area contributed by atoms with Crippen LogP contribution < -0.4 is 4.74 Å². The second-order valence-electron chi connectivity index (χ2n) is 3.05. The number of rotatable bonds is 2. The van der Waals surface area contributed by atoms with Crippen LogP contribution in [0.15, 0.2) is 12.1 Å². The van der Waals surface area contributed by atoms with Gasteiger partial charge in [0.15, 0.2) is 5.78 Å². The molecule has 0 saturated carbocycles. The Morgan fingerprint density at radius 1 is 1.47 bits per heavy atom. The molecular weight excluding hydrogens is 259 g/mol. The van der Waals surface area contributed by atoms with Gasteiger partial charge in [-0.15, -0.1) is 13.2 Å². The molecular formula is C10H5ClF3NO2. The first-order valence-electron chi connectivity index (χ1n) is 4.25. The van der Waals surface area contributed by atoms with Crippen molar-refractivity contribution < 1.29 is 22.7 Å². The van der Waals surface area contributed by atoms with Crippen LogP contribution in [0.2, 0.25) is 5.02 Å². The molecule has 0 saturated heterocycles. The fourth-order valence-electron chi connectivity index (χ4n) is 1.19. The Morgan fingerprint density at radius 3 is 2.47 bits per heavy atom. The van der Waals surface area contributed by atoms with E-state index in [4.69, 9.17) is 16.9 Å². The molecule has 1 rings (SSSR count). The van der Waals surface area contributed by atoms with Crippen LogP contribution in [-0.2, 0) is 0 Å². The largest absolute Gasteiger partial charge is 0.573 e. The van der Waals surface area contributed by atoms with Gasteiger partial charge in [0.05, 0.1) is 22.2 Å². The Labute approximate surface area is 99.4 Å². The highest BCUT2D eigenvalue weighted by molar-refractivity contribution is 6.34. The van der Waals surface area contributed by atoms with Gasteiger partial charge in [-0.1, -0.05) is 11.6 Å². The van der Waals surface area contributed by atoms with Crippen LogP contribution in [0.1, 0.15) is 22.8 Å². The molecule has 0 aliphatic rings. The lowest BCUT2D eigenvalue weighted by Crippen LogP contribution is -2.19.